The molecule has 6 heteroatoms. The molecule has 0 aromatic carbocycles. The molecule has 1 fully saturated rings. The van der Waals surface area contributed by atoms with Crippen molar-refractivity contribution in [3.8, 4) is 0 Å². The maximum absolute atomic E-state index is 11.6. The van der Waals surface area contributed by atoms with Crippen molar-refractivity contribution in [3.05, 3.63) is 16.6 Å². The molecule has 0 saturated carbocycles. The standard InChI is InChI=1S/C9H10N2O3S/c12-8(11-3-4-14-9(11)13)2-1-7-5-15-6-10-7/h5-6H,1-4H2. The van der Waals surface area contributed by atoms with Crippen LogP contribution in [0.2, 0.25) is 0 Å². The molecule has 0 N–H and O–H groups in total. The van der Waals surface area contributed by atoms with Gasteiger partial charge in [0.1, 0.15) is 6.61 Å². The first-order valence-electron chi connectivity index (χ1n) is 4.61. The van der Waals surface area contributed by atoms with Crippen LogP contribution < -0.4 is 0 Å². The maximum atomic E-state index is 11.6. The van der Waals surface area contributed by atoms with E-state index in [1.165, 1.54) is 11.3 Å². The van der Waals surface area contributed by atoms with E-state index in [4.69, 9.17) is 0 Å². The molecule has 1 aromatic rings. The molecule has 80 valence electrons. The van der Waals surface area contributed by atoms with Crippen LogP contribution >= 0.6 is 11.3 Å². The minimum absolute atomic E-state index is 0.189. The molecule has 2 rings (SSSR count). The van der Waals surface area contributed by atoms with Crippen LogP contribution in [0.1, 0.15) is 12.1 Å². The smallest absolute Gasteiger partial charge is 0.416 e. The quantitative estimate of drug-likeness (QED) is 0.773. The van der Waals surface area contributed by atoms with Gasteiger partial charge in [-0.05, 0) is 6.42 Å². The minimum atomic E-state index is -0.529. The van der Waals surface area contributed by atoms with Crippen LogP contribution in [0.3, 0.4) is 0 Å². The normalized spacial score (nSPS) is 15.5. The van der Waals surface area contributed by atoms with Crippen molar-refractivity contribution in [1.82, 2.24) is 9.88 Å². The second-order valence-corrected chi connectivity index (χ2v) is 3.86. The first-order chi connectivity index (χ1) is 7.27. The lowest BCUT2D eigenvalue weighted by Gasteiger charge is -2.09. The molecule has 0 radical (unpaired) electrons. The van der Waals surface area contributed by atoms with Crippen LogP contribution in [-0.2, 0) is 16.0 Å². The van der Waals surface area contributed by atoms with Crippen LogP contribution in [0.5, 0.6) is 0 Å². The van der Waals surface area contributed by atoms with Crippen LogP contribution in [0, 0.1) is 0 Å². The van der Waals surface area contributed by atoms with E-state index >= 15 is 0 Å². The van der Waals surface area contributed by atoms with Gasteiger partial charge in [0.2, 0.25) is 5.91 Å². The molecule has 1 aliphatic heterocycles. The van der Waals surface area contributed by atoms with Gasteiger partial charge < -0.3 is 4.74 Å². The summed E-state index contributed by atoms with van der Waals surface area (Å²) < 4.78 is 4.68. The second-order valence-electron chi connectivity index (χ2n) is 3.14. The fraction of sp³-hybridized carbons (Fsp3) is 0.444. The molecule has 0 bridgehead atoms. The van der Waals surface area contributed by atoms with Gasteiger partial charge in [0, 0.05) is 11.8 Å². The molecule has 0 spiro atoms. The number of hydrogen-bond acceptors (Lipinski definition) is 5. The number of ether oxygens (including phenoxy) is 1. The van der Waals surface area contributed by atoms with Crippen LogP contribution in [-0.4, -0.2) is 35.0 Å². The van der Waals surface area contributed by atoms with E-state index in [2.05, 4.69) is 9.72 Å². The lowest BCUT2D eigenvalue weighted by molar-refractivity contribution is -0.127. The van der Waals surface area contributed by atoms with E-state index in [1.807, 2.05) is 5.38 Å². The van der Waals surface area contributed by atoms with Gasteiger partial charge in [0.25, 0.3) is 0 Å². The van der Waals surface area contributed by atoms with E-state index in [-0.39, 0.29) is 5.91 Å². The highest BCUT2D eigenvalue weighted by Gasteiger charge is 2.27. The lowest BCUT2D eigenvalue weighted by atomic mass is 10.2. The van der Waals surface area contributed by atoms with Gasteiger partial charge in [0.15, 0.2) is 0 Å². The van der Waals surface area contributed by atoms with E-state index in [1.54, 1.807) is 5.51 Å². The summed E-state index contributed by atoms with van der Waals surface area (Å²) in [6, 6.07) is 0. The third-order valence-electron chi connectivity index (χ3n) is 2.14. The fourth-order valence-corrected chi connectivity index (χ4v) is 1.94. The van der Waals surface area contributed by atoms with Gasteiger partial charge in [0.05, 0.1) is 17.7 Å². The van der Waals surface area contributed by atoms with E-state index in [9.17, 15) is 9.59 Å². The first kappa shape index (κ1) is 10.1. The highest BCUT2D eigenvalue weighted by Crippen LogP contribution is 2.09. The highest BCUT2D eigenvalue weighted by molar-refractivity contribution is 7.07. The number of rotatable bonds is 3. The molecule has 0 atom stereocenters. The van der Waals surface area contributed by atoms with Gasteiger partial charge in [-0.1, -0.05) is 0 Å². The Bertz CT molecular complexity index is 363. The van der Waals surface area contributed by atoms with Crippen LogP contribution in [0.4, 0.5) is 4.79 Å². The second kappa shape index (κ2) is 4.39. The van der Waals surface area contributed by atoms with Gasteiger partial charge in [-0.2, -0.15) is 0 Å². The van der Waals surface area contributed by atoms with E-state index in [0.29, 0.717) is 26.0 Å². The van der Waals surface area contributed by atoms with Crippen molar-refractivity contribution in [2.24, 2.45) is 0 Å². The van der Waals surface area contributed by atoms with Crippen molar-refractivity contribution < 1.29 is 14.3 Å². The summed E-state index contributed by atoms with van der Waals surface area (Å²) in [5, 5.41) is 1.90. The molecule has 1 aromatic heterocycles. The Balaban J connectivity index is 1.84. The van der Waals surface area contributed by atoms with E-state index in [0.717, 1.165) is 10.6 Å². The maximum Gasteiger partial charge on any atom is 0.416 e. The van der Waals surface area contributed by atoms with Crippen molar-refractivity contribution in [3.63, 3.8) is 0 Å². The number of imide groups is 1. The Morgan fingerprint density at radius 3 is 3.13 bits per heavy atom. The number of thiazole rings is 1. The van der Waals surface area contributed by atoms with Crippen molar-refractivity contribution >= 4 is 23.3 Å². The summed E-state index contributed by atoms with van der Waals surface area (Å²) in [6.45, 7) is 0.677. The molecule has 1 aliphatic rings. The number of aromatic nitrogens is 1. The van der Waals surface area contributed by atoms with Gasteiger partial charge in [-0.3, -0.25) is 4.79 Å². The zero-order valence-electron chi connectivity index (χ0n) is 8.01. The number of nitrogens with zero attached hydrogens (tertiary/aromatic N) is 2. The Morgan fingerprint density at radius 1 is 1.67 bits per heavy atom. The number of carbonyl (C=O) groups is 2. The Hall–Kier alpha value is -1.43. The van der Waals surface area contributed by atoms with Crippen molar-refractivity contribution in [2.75, 3.05) is 13.2 Å². The summed E-state index contributed by atoms with van der Waals surface area (Å²) >= 11 is 1.50. The summed E-state index contributed by atoms with van der Waals surface area (Å²) in [5.41, 5.74) is 2.62. The number of amides is 2. The number of hydrogen-bond donors (Lipinski definition) is 0. The predicted octanol–water partition coefficient (Wildman–Crippen LogP) is 1.05. The predicted molar refractivity (Wildman–Crippen MR) is 53.5 cm³/mol. The average molecular weight is 226 g/mol. The lowest BCUT2D eigenvalue weighted by Crippen LogP contribution is -2.31. The zero-order valence-corrected chi connectivity index (χ0v) is 8.83. The van der Waals surface area contributed by atoms with Gasteiger partial charge >= 0.3 is 6.09 Å². The molecule has 5 nitrogen and oxygen atoms in total. The Kier molecular flexibility index (Phi) is 2.96. The number of carbonyl (C=O) groups excluding carboxylic acids is 2. The molecular weight excluding hydrogens is 216 g/mol. The molecule has 2 heterocycles. The molecule has 0 aliphatic carbocycles. The molecule has 1 saturated heterocycles. The average Bonchev–Trinajstić information content (AvgIpc) is 2.84. The summed E-state index contributed by atoms with van der Waals surface area (Å²) in [7, 11) is 0. The largest absolute Gasteiger partial charge is 0.447 e. The molecule has 2 amide bonds. The Morgan fingerprint density at radius 2 is 2.53 bits per heavy atom. The van der Waals surface area contributed by atoms with Crippen LogP contribution in [0.25, 0.3) is 0 Å². The topological polar surface area (TPSA) is 59.5 Å². The third kappa shape index (κ3) is 2.33. The van der Waals surface area contributed by atoms with Crippen molar-refractivity contribution in [1.29, 1.82) is 0 Å². The number of aryl methyl sites for hydroxylation is 1. The van der Waals surface area contributed by atoms with Crippen molar-refractivity contribution in [2.45, 2.75) is 12.8 Å². The van der Waals surface area contributed by atoms with Gasteiger partial charge in [-0.15, -0.1) is 11.3 Å². The molecule has 15 heavy (non-hydrogen) atoms. The fourth-order valence-electron chi connectivity index (χ4n) is 1.35. The zero-order chi connectivity index (χ0) is 10.7. The van der Waals surface area contributed by atoms with E-state index < -0.39 is 6.09 Å². The SMILES string of the molecule is O=C(CCc1cscn1)N1CCOC1=O. The summed E-state index contributed by atoms with van der Waals surface area (Å²) in [4.78, 5) is 27.8. The Labute approximate surface area is 90.7 Å². The first-order valence-corrected chi connectivity index (χ1v) is 5.56. The van der Waals surface area contributed by atoms with Gasteiger partial charge in [-0.25, -0.2) is 14.7 Å². The monoisotopic (exact) mass is 226 g/mol. The molecular formula is C9H10N2O3S. The summed E-state index contributed by atoms with van der Waals surface area (Å²) in [6.07, 6.45) is 0.351. The highest BCUT2D eigenvalue weighted by atomic mass is 32.1. The summed E-state index contributed by atoms with van der Waals surface area (Å²) in [5.74, 6) is -0.189. The van der Waals surface area contributed by atoms with Crippen LogP contribution in [0.15, 0.2) is 10.9 Å². The minimum Gasteiger partial charge on any atom is -0.447 e. The molecule has 0 unspecified atom stereocenters. The number of cyclic esters (lactones) is 1. The third-order valence-corrected chi connectivity index (χ3v) is 2.78.